The molecule has 6 heteroatoms. The third kappa shape index (κ3) is 2.29. The van der Waals surface area contributed by atoms with Gasteiger partial charge in [-0.25, -0.2) is 4.98 Å². The van der Waals surface area contributed by atoms with E-state index in [0.717, 1.165) is 31.2 Å². The van der Waals surface area contributed by atoms with Gasteiger partial charge in [-0.2, -0.15) is 5.10 Å². The smallest absolute Gasteiger partial charge is 0.153 e. The van der Waals surface area contributed by atoms with Gasteiger partial charge in [0.05, 0.1) is 21.1 Å². The Morgan fingerprint density at radius 1 is 1.37 bits per heavy atom. The number of aromatic nitrogens is 3. The molecule has 4 nitrogen and oxygen atoms in total. The molecule has 0 spiro atoms. The minimum atomic E-state index is 0.499. The summed E-state index contributed by atoms with van der Waals surface area (Å²) in [5.41, 5.74) is 8.86. The Morgan fingerprint density at radius 3 is 2.89 bits per heavy atom. The van der Waals surface area contributed by atoms with Gasteiger partial charge >= 0.3 is 0 Å². The van der Waals surface area contributed by atoms with Crippen molar-refractivity contribution in [3.63, 3.8) is 0 Å². The molecule has 0 amide bonds. The van der Waals surface area contributed by atoms with E-state index in [9.17, 15) is 0 Å². The maximum Gasteiger partial charge on any atom is 0.153 e. The summed E-state index contributed by atoms with van der Waals surface area (Å²) in [5.74, 6) is 0.499. The lowest BCUT2D eigenvalue weighted by Crippen LogP contribution is -1.88. The lowest BCUT2D eigenvalue weighted by molar-refractivity contribution is 1.10. The molecular formula is C13H11BrN4S. The van der Waals surface area contributed by atoms with Crippen LogP contribution in [0, 0.1) is 6.92 Å². The lowest BCUT2D eigenvalue weighted by Gasteiger charge is -2.03. The molecule has 3 N–H and O–H groups in total. The summed E-state index contributed by atoms with van der Waals surface area (Å²) in [4.78, 5) is 5.31. The third-order valence-corrected chi connectivity index (χ3v) is 4.20. The summed E-state index contributed by atoms with van der Waals surface area (Å²) < 4.78 is 1.01. The molecule has 2 aromatic heterocycles. The van der Waals surface area contributed by atoms with E-state index in [1.807, 2.05) is 37.4 Å². The molecule has 0 aliphatic carbocycles. The van der Waals surface area contributed by atoms with Crippen molar-refractivity contribution >= 4 is 33.1 Å². The predicted molar refractivity (Wildman–Crippen MR) is 82.0 cm³/mol. The van der Waals surface area contributed by atoms with Crippen LogP contribution < -0.4 is 5.73 Å². The van der Waals surface area contributed by atoms with Gasteiger partial charge < -0.3 is 5.73 Å². The van der Waals surface area contributed by atoms with Gasteiger partial charge in [-0.05, 0) is 24.6 Å². The standard InChI is InChI=1S/C13H11BrN4S/c1-7-16-6-10(19-7)12-11(13(15)18-17-12)8-3-2-4-9(14)5-8/h2-6H,1H3,(H3,15,17,18). The van der Waals surface area contributed by atoms with Gasteiger partial charge in [0.25, 0.3) is 0 Å². The third-order valence-electron chi connectivity index (χ3n) is 2.78. The fraction of sp³-hybridized carbons (Fsp3) is 0.0769. The quantitative estimate of drug-likeness (QED) is 0.747. The van der Waals surface area contributed by atoms with Gasteiger partial charge in [0, 0.05) is 10.7 Å². The van der Waals surface area contributed by atoms with Crippen molar-refractivity contribution in [1.29, 1.82) is 0 Å². The van der Waals surface area contributed by atoms with E-state index in [0.29, 0.717) is 5.82 Å². The molecule has 0 saturated heterocycles. The number of aromatic amines is 1. The number of aryl methyl sites for hydroxylation is 1. The highest BCUT2D eigenvalue weighted by molar-refractivity contribution is 9.10. The van der Waals surface area contributed by atoms with E-state index in [1.54, 1.807) is 11.3 Å². The van der Waals surface area contributed by atoms with Crippen LogP contribution in [0.1, 0.15) is 5.01 Å². The maximum atomic E-state index is 5.99. The van der Waals surface area contributed by atoms with Gasteiger partial charge in [0.2, 0.25) is 0 Å². The van der Waals surface area contributed by atoms with Crippen LogP contribution >= 0.6 is 27.3 Å². The van der Waals surface area contributed by atoms with Crippen LogP contribution in [0.15, 0.2) is 34.9 Å². The Hall–Kier alpha value is -1.66. The zero-order valence-corrected chi connectivity index (χ0v) is 12.5. The number of H-pyrrole nitrogens is 1. The van der Waals surface area contributed by atoms with E-state index in [2.05, 4.69) is 31.1 Å². The summed E-state index contributed by atoms with van der Waals surface area (Å²) in [7, 11) is 0. The fourth-order valence-electron chi connectivity index (χ4n) is 1.95. The van der Waals surface area contributed by atoms with Crippen LogP contribution in [0.3, 0.4) is 0 Å². The van der Waals surface area contributed by atoms with Gasteiger partial charge in [-0.15, -0.1) is 11.3 Å². The van der Waals surface area contributed by atoms with E-state index in [4.69, 9.17) is 5.73 Å². The molecule has 0 radical (unpaired) electrons. The van der Waals surface area contributed by atoms with Crippen molar-refractivity contribution < 1.29 is 0 Å². The summed E-state index contributed by atoms with van der Waals surface area (Å²) in [6.07, 6.45) is 1.84. The molecule has 0 bridgehead atoms. The van der Waals surface area contributed by atoms with Crippen LogP contribution in [0.25, 0.3) is 21.7 Å². The van der Waals surface area contributed by atoms with Gasteiger partial charge in [0.15, 0.2) is 5.82 Å². The van der Waals surface area contributed by atoms with Gasteiger partial charge in [0.1, 0.15) is 0 Å². The first-order chi connectivity index (χ1) is 9.15. The number of nitrogens with zero attached hydrogens (tertiary/aromatic N) is 2. The number of hydrogen-bond acceptors (Lipinski definition) is 4. The van der Waals surface area contributed by atoms with E-state index in [1.165, 1.54) is 0 Å². The summed E-state index contributed by atoms with van der Waals surface area (Å²) in [6.45, 7) is 1.98. The first-order valence-corrected chi connectivity index (χ1v) is 7.28. The monoisotopic (exact) mass is 334 g/mol. The van der Waals surface area contributed by atoms with Crippen molar-refractivity contribution in [1.82, 2.24) is 15.2 Å². The molecule has 3 rings (SSSR count). The molecule has 2 heterocycles. The zero-order valence-electron chi connectivity index (χ0n) is 10.1. The molecule has 0 fully saturated rings. The molecule has 0 saturated carbocycles. The van der Waals surface area contributed by atoms with Crippen LogP contribution in [-0.2, 0) is 0 Å². The van der Waals surface area contributed by atoms with Crippen molar-refractivity contribution in [3.05, 3.63) is 39.9 Å². The highest BCUT2D eigenvalue weighted by Crippen LogP contribution is 2.37. The molecule has 3 aromatic rings. The number of nitrogen functional groups attached to an aromatic ring is 1. The number of nitrogens with two attached hydrogens (primary N) is 1. The van der Waals surface area contributed by atoms with Crippen molar-refractivity contribution in [3.8, 4) is 21.7 Å². The van der Waals surface area contributed by atoms with E-state index >= 15 is 0 Å². The molecule has 0 aliphatic rings. The predicted octanol–water partition coefficient (Wildman–Crippen LogP) is 3.85. The first kappa shape index (κ1) is 12.4. The molecule has 96 valence electrons. The molecule has 19 heavy (non-hydrogen) atoms. The fourth-order valence-corrected chi connectivity index (χ4v) is 3.13. The van der Waals surface area contributed by atoms with E-state index in [-0.39, 0.29) is 0 Å². The number of thiazole rings is 1. The number of hydrogen-bond donors (Lipinski definition) is 2. The highest BCUT2D eigenvalue weighted by Gasteiger charge is 2.16. The van der Waals surface area contributed by atoms with Crippen LogP contribution in [0.4, 0.5) is 5.82 Å². The zero-order chi connectivity index (χ0) is 13.4. The second-order valence-corrected chi connectivity index (χ2v) is 6.26. The highest BCUT2D eigenvalue weighted by atomic mass is 79.9. The minimum absolute atomic E-state index is 0.499. The van der Waals surface area contributed by atoms with Crippen LogP contribution in [0.5, 0.6) is 0 Å². The second-order valence-electron chi connectivity index (χ2n) is 4.11. The number of rotatable bonds is 2. The molecule has 0 atom stereocenters. The SMILES string of the molecule is Cc1ncc(-c2[nH]nc(N)c2-c2cccc(Br)c2)s1. The van der Waals surface area contributed by atoms with Crippen LogP contribution in [-0.4, -0.2) is 15.2 Å². The van der Waals surface area contributed by atoms with E-state index < -0.39 is 0 Å². The largest absolute Gasteiger partial charge is 0.382 e. The Morgan fingerprint density at radius 2 is 2.21 bits per heavy atom. The molecule has 1 aromatic carbocycles. The number of benzene rings is 1. The Kier molecular flexibility index (Phi) is 3.12. The first-order valence-electron chi connectivity index (χ1n) is 5.67. The van der Waals surface area contributed by atoms with Crippen LogP contribution in [0.2, 0.25) is 0 Å². The Balaban J connectivity index is 2.19. The molecule has 0 unspecified atom stereocenters. The average Bonchev–Trinajstić information content (AvgIpc) is 2.95. The lowest BCUT2D eigenvalue weighted by atomic mass is 10.1. The molecular weight excluding hydrogens is 324 g/mol. The van der Waals surface area contributed by atoms with Crippen molar-refractivity contribution in [2.24, 2.45) is 0 Å². The van der Waals surface area contributed by atoms with Gasteiger partial charge in [-0.1, -0.05) is 28.1 Å². The normalized spacial score (nSPS) is 10.8. The second kappa shape index (κ2) is 4.79. The minimum Gasteiger partial charge on any atom is -0.382 e. The van der Waals surface area contributed by atoms with Gasteiger partial charge in [-0.3, -0.25) is 5.10 Å². The number of halogens is 1. The Labute approximate surface area is 122 Å². The van der Waals surface area contributed by atoms with Crippen molar-refractivity contribution in [2.45, 2.75) is 6.92 Å². The number of nitrogens with one attached hydrogen (secondary N) is 1. The average molecular weight is 335 g/mol. The summed E-state index contributed by atoms with van der Waals surface area (Å²) in [5, 5.41) is 8.14. The Bertz CT molecular complexity index is 732. The number of anilines is 1. The summed E-state index contributed by atoms with van der Waals surface area (Å²) >= 11 is 5.09. The topological polar surface area (TPSA) is 67.6 Å². The van der Waals surface area contributed by atoms with Crippen molar-refractivity contribution in [2.75, 3.05) is 5.73 Å². The molecule has 0 aliphatic heterocycles. The maximum absolute atomic E-state index is 5.99. The summed E-state index contributed by atoms with van der Waals surface area (Å²) in [6, 6.07) is 8.01.